The van der Waals surface area contributed by atoms with Crippen LogP contribution in [0.2, 0.25) is 0 Å². The van der Waals surface area contributed by atoms with Crippen molar-refractivity contribution < 1.29 is 9.47 Å². The molecule has 5 nitrogen and oxygen atoms in total. The van der Waals surface area contributed by atoms with Crippen molar-refractivity contribution >= 4 is 12.2 Å². The van der Waals surface area contributed by atoms with E-state index < -0.39 is 0 Å². The van der Waals surface area contributed by atoms with Crippen LogP contribution in [-0.4, -0.2) is 28.7 Å². The van der Waals surface area contributed by atoms with Crippen molar-refractivity contribution in [3.8, 4) is 22.8 Å². The van der Waals surface area contributed by atoms with Gasteiger partial charge in [-0.2, -0.15) is 0 Å². The van der Waals surface area contributed by atoms with Crippen molar-refractivity contribution in [2.24, 2.45) is 0 Å². The molecule has 0 unspecified atom stereocenters. The summed E-state index contributed by atoms with van der Waals surface area (Å²) >= 11 is 5.13. The van der Waals surface area contributed by atoms with Crippen molar-refractivity contribution in [3.05, 3.63) is 29.4 Å². The molecule has 0 saturated heterocycles. The monoisotopic (exact) mass is 277 g/mol. The maximum Gasteiger partial charge on any atom is 0.179 e. The van der Waals surface area contributed by atoms with Gasteiger partial charge in [0, 0.05) is 11.8 Å². The Morgan fingerprint density at radius 2 is 2.21 bits per heavy atom. The Kier molecular flexibility index (Phi) is 4.46. The number of methoxy groups -OCH3 is 1. The number of rotatable bonds is 5. The molecule has 0 radical (unpaired) electrons. The highest BCUT2D eigenvalue weighted by Gasteiger charge is 2.09. The molecule has 19 heavy (non-hydrogen) atoms. The second-order valence-corrected chi connectivity index (χ2v) is 4.26. The van der Waals surface area contributed by atoms with Gasteiger partial charge in [-0.3, -0.25) is 4.98 Å². The summed E-state index contributed by atoms with van der Waals surface area (Å²) in [4.78, 5) is 11.2. The van der Waals surface area contributed by atoms with E-state index in [4.69, 9.17) is 21.7 Å². The van der Waals surface area contributed by atoms with E-state index in [-0.39, 0.29) is 0 Å². The van der Waals surface area contributed by atoms with Crippen LogP contribution in [0.4, 0.5) is 0 Å². The molecule has 0 fully saturated rings. The van der Waals surface area contributed by atoms with Gasteiger partial charge in [0.25, 0.3) is 0 Å². The second kappa shape index (κ2) is 6.29. The predicted octanol–water partition coefficient (Wildman–Crippen LogP) is 3.00. The van der Waals surface area contributed by atoms with Crippen LogP contribution in [0.1, 0.15) is 13.3 Å². The highest BCUT2D eigenvalue weighted by molar-refractivity contribution is 7.71. The highest BCUT2D eigenvalue weighted by Crippen LogP contribution is 2.29. The average Bonchev–Trinajstić information content (AvgIpc) is 2.45. The molecule has 0 saturated carbocycles. The maximum absolute atomic E-state index is 5.56. The van der Waals surface area contributed by atoms with Gasteiger partial charge >= 0.3 is 0 Å². The summed E-state index contributed by atoms with van der Waals surface area (Å²) in [7, 11) is 1.56. The number of ether oxygens (including phenoxy) is 2. The number of hydrogen-bond donors (Lipinski definition) is 1. The molecule has 100 valence electrons. The normalized spacial score (nSPS) is 10.2. The van der Waals surface area contributed by atoms with Crippen molar-refractivity contribution in [3.63, 3.8) is 0 Å². The third-order valence-electron chi connectivity index (χ3n) is 2.49. The van der Waals surface area contributed by atoms with E-state index in [2.05, 4.69) is 21.9 Å². The summed E-state index contributed by atoms with van der Waals surface area (Å²) in [5.74, 6) is 1.25. The largest absolute Gasteiger partial charge is 0.492 e. The Morgan fingerprint density at radius 1 is 1.37 bits per heavy atom. The third-order valence-corrected chi connectivity index (χ3v) is 2.78. The minimum Gasteiger partial charge on any atom is -0.492 e. The summed E-state index contributed by atoms with van der Waals surface area (Å²) in [6.45, 7) is 2.72. The van der Waals surface area contributed by atoms with Crippen molar-refractivity contribution in [1.29, 1.82) is 0 Å². The van der Waals surface area contributed by atoms with Gasteiger partial charge in [-0.05, 0) is 12.5 Å². The van der Waals surface area contributed by atoms with Gasteiger partial charge in [0.2, 0.25) is 0 Å². The molecule has 0 bridgehead atoms. The molecule has 2 aromatic rings. The van der Waals surface area contributed by atoms with Crippen LogP contribution in [0, 0.1) is 4.64 Å². The van der Waals surface area contributed by atoms with Crippen LogP contribution >= 0.6 is 12.2 Å². The van der Waals surface area contributed by atoms with Crippen molar-refractivity contribution in [2.45, 2.75) is 13.3 Å². The van der Waals surface area contributed by atoms with E-state index >= 15 is 0 Å². The van der Waals surface area contributed by atoms with Crippen LogP contribution in [-0.2, 0) is 0 Å². The summed E-state index contributed by atoms with van der Waals surface area (Å²) in [5, 5.41) is 0. The fourth-order valence-electron chi connectivity index (χ4n) is 1.64. The highest BCUT2D eigenvalue weighted by atomic mass is 32.1. The lowest BCUT2D eigenvalue weighted by atomic mass is 10.2. The predicted molar refractivity (Wildman–Crippen MR) is 75.0 cm³/mol. The van der Waals surface area contributed by atoms with Gasteiger partial charge in [-0.25, -0.2) is 4.98 Å². The molecule has 1 N–H and O–H groups in total. The minimum atomic E-state index is 0.413. The molecule has 2 heterocycles. The zero-order chi connectivity index (χ0) is 13.7. The molecule has 0 aliphatic rings. The molecule has 2 aromatic heterocycles. The smallest absolute Gasteiger partial charge is 0.179 e. The molecule has 6 heteroatoms. The standard InChI is InChI=1S/C13H15N3O2S/c1-3-4-18-10-5-9(6-14-7-10)11-12(17-2)13(19)16-8-15-11/h5-8H,3-4H2,1-2H3,(H,15,16,19). The first-order chi connectivity index (χ1) is 9.26. The number of aromatic nitrogens is 3. The van der Waals surface area contributed by atoms with Gasteiger partial charge in [0.15, 0.2) is 10.4 Å². The van der Waals surface area contributed by atoms with Gasteiger partial charge < -0.3 is 14.5 Å². The Bertz CT molecular complexity index is 613. The van der Waals surface area contributed by atoms with E-state index in [1.807, 2.05) is 6.07 Å². The van der Waals surface area contributed by atoms with Crippen LogP contribution in [0.3, 0.4) is 0 Å². The molecule has 2 rings (SSSR count). The zero-order valence-electron chi connectivity index (χ0n) is 10.8. The SMILES string of the molecule is CCCOc1cncc(-c2[nH]cnc(=S)c2OC)c1. The van der Waals surface area contributed by atoms with E-state index in [1.54, 1.807) is 25.8 Å². The van der Waals surface area contributed by atoms with Gasteiger partial charge in [0.1, 0.15) is 5.75 Å². The second-order valence-electron chi connectivity index (χ2n) is 3.87. The van der Waals surface area contributed by atoms with Crippen LogP contribution < -0.4 is 9.47 Å². The topological polar surface area (TPSA) is 60.0 Å². The Labute approximate surface area is 116 Å². The van der Waals surface area contributed by atoms with Crippen molar-refractivity contribution in [1.82, 2.24) is 15.0 Å². The lowest BCUT2D eigenvalue weighted by Crippen LogP contribution is -1.97. The number of nitrogens with zero attached hydrogens (tertiary/aromatic N) is 2. The van der Waals surface area contributed by atoms with Crippen LogP contribution in [0.25, 0.3) is 11.3 Å². The molecule has 0 aliphatic carbocycles. The van der Waals surface area contributed by atoms with Gasteiger partial charge in [-0.1, -0.05) is 19.1 Å². The van der Waals surface area contributed by atoms with E-state index in [0.29, 0.717) is 17.0 Å². The Hall–Kier alpha value is -1.95. The summed E-state index contributed by atoms with van der Waals surface area (Å²) in [5.41, 5.74) is 1.59. The van der Waals surface area contributed by atoms with Crippen molar-refractivity contribution in [2.75, 3.05) is 13.7 Å². The minimum absolute atomic E-state index is 0.413. The molecule has 0 spiro atoms. The first-order valence-corrected chi connectivity index (χ1v) is 6.37. The fraction of sp³-hybridized carbons (Fsp3) is 0.308. The zero-order valence-corrected chi connectivity index (χ0v) is 11.7. The molecule has 0 amide bonds. The molecular formula is C13H15N3O2S. The van der Waals surface area contributed by atoms with Gasteiger partial charge in [0.05, 0.1) is 31.9 Å². The quantitative estimate of drug-likeness (QED) is 0.851. The number of aromatic amines is 1. The summed E-state index contributed by atoms with van der Waals surface area (Å²) < 4.78 is 11.3. The fourth-order valence-corrected chi connectivity index (χ4v) is 1.88. The lowest BCUT2D eigenvalue weighted by molar-refractivity contribution is 0.316. The van der Waals surface area contributed by atoms with Crippen LogP contribution in [0.5, 0.6) is 11.5 Å². The van der Waals surface area contributed by atoms with Gasteiger partial charge in [-0.15, -0.1) is 0 Å². The first-order valence-electron chi connectivity index (χ1n) is 5.96. The first kappa shape index (κ1) is 13.5. The van der Waals surface area contributed by atoms with E-state index in [1.165, 1.54) is 0 Å². The lowest BCUT2D eigenvalue weighted by Gasteiger charge is -2.09. The molecule has 0 atom stereocenters. The molecular weight excluding hydrogens is 262 g/mol. The number of pyridine rings is 1. The van der Waals surface area contributed by atoms with Crippen LogP contribution in [0.15, 0.2) is 24.8 Å². The Balaban J connectivity index is 2.42. The Morgan fingerprint density at radius 3 is 2.95 bits per heavy atom. The van der Waals surface area contributed by atoms with E-state index in [9.17, 15) is 0 Å². The van der Waals surface area contributed by atoms with E-state index in [0.717, 1.165) is 23.4 Å². The third kappa shape index (κ3) is 3.08. The number of H-pyrrole nitrogens is 1. The molecule has 0 aliphatic heterocycles. The number of hydrogen-bond acceptors (Lipinski definition) is 5. The average molecular weight is 277 g/mol. The summed E-state index contributed by atoms with van der Waals surface area (Å²) in [6, 6.07) is 1.89. The molecule has 0 aromatic carbocycles. The summed E-state index contributed by atoms with van der Waals surface area (Å²) in [6.07, 6.45) is 5.90. The maximum atomic E-state index is 5.56. The number of nitrogens with one attached hydrogen (secondary N) is 1.